The van der Waals surface area contributed by atoms with Crippen molar-refractivity contribution in [2.45, 2.75) is 25.9 Å². The van der Waals surface area contributed by atoms with Gasteiger partial charge in [-0.25, -0.2) is 14.8 Å². The van der Waals surface area contributed by atoms with Gasteiger partial charge >= 0.3 is 5.97 Å². The van der Waals surface area contributed by atoms with Gasteiger partial charge in [0.1, 0.15) is 0 Å². The zero-order valence-electron chi connectivity index (χ0n) is 10.5. The van der Waals surface area contributed by atoms with Crippen molar-refractivity contribution >= 4 is 17.7 Å². The van der Waals surface area contributed by atoms with Crippen LogP contribution in [-0.2, 0) is 9.53 Å². The molecule has 0 saturated carbocycles. The van der Waals surface area contributed by atoms with Crippen molar-refractivity contribution in [3.8, 4) is 0 Å². The van der Waals surface area contributed by atoms with E-state index in [2.05, 4.69) is 14.7 Å². The quantitative estimate of drug-likeness (QED) is 0.356. The number of hydrogen-bond donors (Lipinski definition) is 0. The van der Waals surface area contributed by atoms with E-state index >= 15 is 0 Å². The summed E-state index contributed by atoms with van der Waals surface area (Å²) in [5, 5.41) is 0.733. The van der Waals surface area contributed by atoms with Crippen LogP contribution in [0.4, 0.5) is 0 Å². The summed E-state index contributed by atoms with van der Waals surface area (Å²) in [5.74, 6) is 0.357. The molecule has 1 aromatic rings. The molecule has 0 spiro atoms. The fourth-order valence-corrected chi connectivity index (χ4v) is 2.14. The molecule has 1 rings (SSSR count). The Balaban J connectivity index is 2.59. The molecule has 0 saturated heterocycles. The van der Waals surface area contributed by atoms with Crippen LogP contribution in [0.5, 0.6) is 0 Å². The van der Waals surface area contributed by atoms with Gasteiger partial charge in [-0.3, -0.25) is 0 Å². The number of carbonyl (C=O) groups excluding carboxylic acids is 1. The van der Waals surface area contributed by atoms with Crippen LogP contribution in [0.15, 0.2) is 22.9 Å². The molecule has 1 aromatic heterocycles. The highest BCUT2D eigenvalue weighted by Crippen LogP contribution is 2.14. The lowest BCUT2D eigenvalue weighted by molar-refractivity contribution is -0.136. The SMILES string of the molecule is COC(=O)C(C)=CCSc1nc(C)cc(C)n1. The highest BCUT2D eigenvalue weighted by Gasteiger charge is 2.03. The maximum atomic E-state index is 11.1. The molecule has 0 aliphatic carbocycles. The molecule has 1 heterocycles. The molecule has 4 nitrogen and oxygen atoms in total. The molecule has 0 aromatic carbocycles. The Morgan fingerprint density at radius 3 is 2.53 bits per heavy atom. The number of aryl methyl sites for hydroxylation is 2. The van der Waals surface area contributed by atoms with E-state index in [1.54, 1.807) is 6.92 Å². The molecule has 0 aliphatic heterocycles. The van der Waals surface area contributed by atoms with Crippen molar-refractivity contribution in [3.63, 3.8) is 0 Å². The number of methoxy groups -OCH3 is 1. The van der Waals surface area contributed by atoms with E-state index in [-0.39, 0.29) is 5.97 Å². The maximum Gasteiger partial charge on any atom is 0.333 e. The third kappa shape index (κ3) is 4.56. The molecular weight excluding hydrogens is 236 g/mol. The van der Waals surface area contributed by atoms with Crippen LogP contribution in [-0.4, -0.2) is 28.8 Å². The average Bonchev–Trinajstić information content (AvgIpc) is 2.26. The fraction of sp³-hybridized carbons (Fsp3) is 0.417. The van der Waals surface area contributed by atoms with E-state index < -0.39 is 0 Å². The summed E-state index contributed by atoms with van der Waals surface area (Å²) in [5.41, 5.74) is 2.51. The second-order valence-corrected chi connectivity index (χ2v) is 4.61. The topological polar surface area (TPSA) is 52.1 Å². The largest absolute Gasteiger partial charge is 0.466 e. The number of hydrogen-bond acceptors (Lipinski definition) is 5. The van der Waals surface area contributed by atoms with E-state index in [1.807, 2.05) is 26.0 Å². The molecule has 0 aliphatic rings. The molecule has 0 bridgehead atoms. The van der Waals surface area contributed by atoms with Gasteiger partial charge in [0, 0.05) is 22.7 Å². The smallest absolute Gasteiger partial charge is 0.333 e. The van der Waals surface area contributed by atoms with Crippen LogP contribution in [0.2, 0.25) is 0 Å². The Hall–Kier alpha value is -1.36. The molecule has 0 amide bonds. The minimum Gasteiger partial charge on any atom is -0.466 e. The van der Waals surface area contributed by atoms with E-state index in [1.165, 1.54) is 18.9 Å². The van der Waals surface area contributed by atoms with Gasteiger partial charge < -0.3 is 4.74 Å². The summed E-state index contributed by atoms with van der Waals surface area (Å²) < 4.78 is 4.61. The lowest BCUT2D eigenvalue weighted by atomic mass is 10.3. The highest BCUT2D eigenvalue weighted by atomic mass is 32.2. The van der Waals surface area contributed by atoms with E-state index in [9.17, 15) is 4.79 Å². The summed E-state index contributed by atoms with van der Waals surface area (Å²) in [7, 11) is 1.37. The van der Waals surface area contributed by atoms with Crippen LogP contribution in [0, 0.1) is 13.8 Å². The number of esters is 1. The zero-order chi connectivity index (χ0) is 12.8. The first-order chi connectivity index (χ1) is 8.02. The minimum absolute atomic E-state index is 0.299. The Labute approximate surface area is 105 Å². The Kier molecular flexibility index (Phi) is 5.15. The normalized spacial score (nSPS) is 11.4. The number of carbonyl (C=O) groups is 1. The first-order valence-electron chi connectivity index (χ1n) is 5.23. The van der Waals surface area contributed by atoms with Gasteiger partial charge in [0.2, 0.25) is 0 Å². The van der Waals surface area contributed by atoms with Crippen LogP contribution >= 0.6 is 11.8 Å². The van der Waals surface area contributed by atoms with Crippen molar-refractivity contribution < 1.29 is 9.53 Å². The van der Waals surface area contributed by atoms with Crippen LogP contribution < -0.4 is 0 Å². The third-order valence-corrected chi connectivity index (χ3v) is 2.85. The monoisotopic (exact) mass is 252 g/mol. The molecular formula is C12H16N2O2S. The molecule has 0 unspecified atom stereocenters. The van der Waals surface area contributed by atoms with Crippen molar-refractivity contribution in [1.29, 1.82) is 0 Å². The van der Waals surface area contributed by atoms with E-state index in [4.69, 9.17) is 0 Å². The molecule has 0 radical (unpaired) electrons. The number of aromatic nitrogens is 2. The second kappa shape index (κ2) is 6.39. The van der Waals surface area contributed by atoms with Crippen molar-refractivity contribution in [3.05, 3.63) is 29.1 Å². The second-order valence-electron chi connectivity index (χ2n) is 3.62. The molecule has 5 heteroatoms. The van der Waals surface area contributed by atoms with Gasteiger partial charge in [0.05, 0.1) is 7.11 Å². The van der Waals surface area contributed by atoms with Gasteiger partial charge in [-0.2, -0.15) is 0 Å². The van der Waals surface area contributed by atoms with Gasteiger partial charge in [-0.05, 0) is 26.8 Å². The maximum absolute atomic E-state index is 11.1. The number of nitrogens with zero attached hydrogens (tertiary/aromatic N) is 2. The van der Waals surface area contributed by atoms with Crippen molar-refractivity contribution in [1.82, 2.24) is 9.97 Å². The van der Waals surface area contributed by atoms with Gasteiger partial charge in [-0.1, -0.05) is 17.8 Å². The molecule has 0 atom stereocenters. The Morgan fingerprint density at radius 2 is 2.00 bits per heavy atom. The molecule has 0 fully saturated rings. The summed E-state index contributed by atoms with van der Waals surface area (Å²) in [4.78, 5) is 19.7. The van der Waals surface area contributed by atoms with Crippen LogP contribution in [0.25, 0.3) is 0 Å². The molecule has 0 N–H and O–H groups in total. The minimum atomic E-state index is -0.299. The van der Waals surface area contributed by atoms with Gasteiger partial charge in [-0.15, -0.1) is 0 Å². The zero-order valence-corrected chi connectivity index (χ0v) is 11.3. The van der Waals surface area contributed by atoms with Gasteiger partial charge in [0.15, 0.2) is 5.16 Å². The lowest BCUT2D eigenvalue weighted by Crippen LogP contribution is -2.01. The summed E-state index contributed by atoms with van der Waals surface area (Å²) in [6.45, 7) is 5.61. The van der Waals surface area contributed by atoms with E-state index in [0.717, 1.165) is 16.5 Å². The predicted molar refractivity (Wildman–Crippen MR) is 68.0 cm³/mol. The average molecular weight is 252 g/mol. The van der Waals surface area contributed by atoms with Crippen molar-refractivity contribution in [2.24, 2.45) is 0 Å². The summed E-state index contributed by atoms with van der Waals surface area (Å²) >= 11 is 1.50. The Morgan fingerprint density at radius 1 is 1.41 bits per heavy atom. The predicted octanol–water partition coefficient (Wildman–Crippen LogP) is 2.30. The van der Waals surface area contributed by atoms with E-state index in [0.29, 0.717) is 11.3 Å². The third-order valence-electron chi connectivity index (χ3n) is 2.07. The van der Waals surface area contributed by atoms with Crippen LogP contribution in [0.3, 0.4) is 0 Å². The fourth-order valence-electron chi connectivity index (χ4n) is 1.24. The lowest BCUT2D eigenvalue weighted by Gasteiger charge is -2.01. The summed E-state index contributed by atoms with van der Waals surface area (Å²) in [6.07, 6.45) is 1.82. The molecule has 17 heavy (non-hydrogen) atoms. The molecule has 92 valence electrons. The standard InChI is InChI=1S/C12H16N2O2S/c1-8(11(15)16-4)5-6-17-12-13-9(2)7-10(3)14-12/h5,7H,6H2,1-4H3. The van der Waals surface area contributed by atoms with Crippen LogP contribution in [0.1, 0.15) is 18.3 Å². The number of rotatable bonds is 4. The first kappa shape index (κ1) is 13.7. The number of thioether (sulfide) groups is 1. The van der Waals surface area contributed by atoms with Gasteiger partial charge in [0.25, 0.3) is 0 Å². The first-order valence-corrected chi connectivity index (χ1v) is 6.21. The Bertz CT molecular complexity index is 424. The highest BCUT2D eigenvalue weighted by molar-refractivity contribution is 7.99. The summed E-state index contributed by atoms with van der Waals surface area (Å²) in [6, 6.07) is 1.93. The van der Waals surface area contributed by atoms with Crippen molar-refractivity contribution in [2.75, 3.05) is 12.9 Å². The number of ether oxygens (including phenoxy) is 1.